The van der Waals surface area contributed by atoms with Crippen LogP contribution >= 0.6 is 11.8 Å². The van der Waals surface area contributed by atoms with Crippen LogP contribution in [0.2, 0.25) is 0 Å². The standard InChI is InChI=1S/C11H21NOS/c1-3-12(4-2)11(13)9-10-5-7-14-8-6-10/h10H,3-9H2,1-2H3. The molecule has 14 heavy (non-hydrogen) atoms. The SMILES string of the molecule is CCN(CC)C(=O)CC1CCSCC1. The molecule has 0 atom stereocenters. The molecule has 0 radical (unpaired) electrons. The number of carbonyl (C=O) groups excluding carboxylic acids is 1. The minimum Gasteiger partial charge on any atom is -0.343 e. The number of hydrogen-bond acceptors (Lipinski definition) is 2. The molecule has 0 aromatic heterocycles. The molecule has 1 fully saturated rings. The van der Waals surface area contributed by atoms with Crippen LogP contribution in [0.15, 0.2) is 0 Å². The monoisotopic (exact) mass is 215 g/mol. The van der Waals surface area contributed by atoms with Crippen LogP contribution in [0.25, 0.3) is 0 Å². The molecule has 0 aromatic carbocycles. The zero-order valence-electron chi connectivity index (χ0n) is 9.29. The molecule has 2 nitrogen and oxygen atoms in total. The van der Waals surface area contributed by atoms with Crippen LogP contribution < -0.4 is 0 Å². The van der Waals surface area contributed by atoms with Gasteiger partial charge in [0, 0.05) is 19.5 Å². The summed E-state index contributed by atoms with van der Waals surface area (Å²) in [4.78, 5) is 13.7. The van der Waals surface area contributed by atoms with Crippen molar-refractivity contribution in [1.29, 1.82) is 0 Å². The summed E-state index contributed by atoms with van der Waals surface area (Å²) in [6.45, 7) is 5.82. The first kappa shape index (κ1) is 11.9. The Bertz CT molecular complexity index is 174. The maximum absolute atomic E-state index is 11.8. The molecule has 0 saturated carbocycles. The van der Waals surface area contributed by atoms with Gasteiger partial charge in [-0.1, -0.05) is 0 Å². The lowest BCUT2D eigenvalue weighted by atomic mass is 9.98. The fraction of sp³-hybridized carbons (Fsp3) is 0.909. The van der Waals surface area contributed by atoms with Gasteiger partial charge in [-0.2, -0.15) is 11.8 Å². The third kappa shape index (κ3) is 3.52. The largest absolute Gasteiger partial charge is 0.343 e. The topological polar surface area (TPSA) is 20.3 Å². The van der Waals surface area contributed by atoms with Gasteiger partial charge in [-0.25, -0.2) is 0 Å². The molecule has 82 valence electrons. The first-order chi connectivity index (χ1) is 6.77. The second-order valence-corrected chi connectivity index (χ2v) is 5.05. The van der Waals surface area contributed by atoms with Gasteiger partial charge in [-0.3, -0.25) is 4.79 Å². The zero-order chi connectivity index (χ0) is 10.4. The van der Waals surface area contributed by atoms with Gasteiger partial charge in [0.15, 0.2) is 0 Å². The molecule has 1 aliphatic rings. The molecular weight excluding hydrogens is 194 g/mol. The van der Waals surface area contributed by atoms with Crippen LogP contribution in [0.5, 0.6) is 0 Å². The van der Waals surface area contributed by atoms with E-state index in [4.69, 9.17) is 0 Å². The molecule has 0 unspecified atom stereocenters. The Morgan fingerprint density at radius 3 is 2.36 bits per heavy atom. The molecule has 1 rings (SSSR count). The molecule has 1 saturated heterocycles. The van der Waals surface area contributed by atoms with Crippen LogP contribution in [0.4, 0.5) is 0 Å². The van der Waals surface area contributed by atoms with Gasteiger partial charge in [0.2, 0.25) is 5.91 Å². The van der Waals surface area contributed by atoms with Crippen molar-refractivity contribution in [2.75, 3.05) is 24.6 Å². The molecule has 0 N–H and O–H groups in total. The van der Waals surface area contributed by atoms with E-state index in [0.29, 0.717) is 11.8 Å². The second-order valence-electron chi connectivity index (χ2n) is 3.83. The summed E-state index contributed by atoms with van der Waals surface area (Å²) in [5, 5.41) is 0. The first-order valence-electron chi connectivity index (χ1n) is 5.63. The summed E-state index contributed by atoms with van der Waals surface area (Å²) < 4.78 is 0. The van der Waals surface area contributed by atoms with E-state index in [1.807, 2.05) is 16.7 Å². The third-order valence-electron chi connectivity index (χ3n) is 2.92. The number of carbonyl (C=O) groups is 1. The van der Waals surface area contributed by atoms with E-state index in [1.54, 1.807) is 0 Å². The van der Waals surface area contributed by atoms with E-state index in [0.717, 1.165) is 19.5 Å². The predicted octanol–water partition coefficient (Wildman–Crippen LogP) is 2.39. The number of nitrogens with zero attached hydrogens (tertiary/aromatic N) is 1. The van der Waals surface area contributed by atoms with Crippen molar-refractivity contribution in [3.8, 4) is 0 Å². The highest BCUT2D eigenvalue weighted by molar-refractivity contribution is 7.99. The summed E-state index contributed by atoms with van der Waals surface area (Å²) >= 11 is 2.02. The fourth-order valence-corrected chi connectivity index (χ4v) is 3.11. The van der Waals surface area contributed by atoms with Crippen molar-refractivity contribution in [1.82, 2.24) is 4.90 Å². The van der Waals surface area contributed by atoms with Crippen molar-refractivity contribution in [2.45, 2.75) is 33.1 Å². The Kier molecular flexibility index (Phi) is 5.38. The van der Waals surface area contributed by atoms with Crippen LogP contribution in [-0.2, 0) is 4.79 Å². The van der Waals surface area contributed by atoms with Crippen LogP contribution in [0, 0.1) is 5.92 Å². The zero-order valence-corrected chi connectivity index (χ0v) is 10.1. The lowest BCUT2D eigenvalue weighted by Gasteiger charge is -2.24. The van der Waals surface area contributed by atoms with Gasteiger partial charge in [0.1, 0.15) is 0 Å². The molecule has 1 aliphatic heterocycles. The number of thioether (sulfide) groups is 1. The van der Waals surface area contributed by atoms with Gasteiger partial charge in [-0.05, 0) is 44.1 Å². The van der Waals surface area contributed by atoms with Gasteiger partial charge < -0.3 is 4.90 Å². The number of rotatable bonds is 4. The quantitative estimate of drug-likeness (QED) is 0.717. The summed E-state index contributed by atoms with van der Waals surface area (Å²) in [5.41, 5.74) is 0. The highest BCUT2D eigenvalue weighted by Gasteiger charge is 2.19. The van der Waals surface area contributed by atoms with Crippen molar-refractivity contribution < 1.29 is 4.79 Å². The average Bonchev–Trinajstić information content (AvgIpc) is 2.21. The Hall–Kier alpha value is -0.180. The minimum atomic E-state index is 0.354. The van der Waals surface area contributed by atoms with Crippen molar-refractivity contribution in [2.24, 2.45) is 5.92 Å². The maximum Gasteiger partial charge on any atom is 0.222 e. The minimum absolute atomic E-state index is 0.354. The molecule has 0 aromatic rings. The summed E-state index contributed by atoms with van der Waals surface area (Å²) in [5.74, 6) is 3.50. The van der Waals surface area contributed by atoms with Gasteiger partial charge in [0.05, 0.1) is 0 Å². The van der Waals surface area contributed by atoms with E-state index in [2.05, 4.69) is 13.8 Å². The molecule has 0 aliphatic carbocycles. The average molecular weight is 215 g/mol. The fourth-order valence-electron chi connectivity index (χ4n) is 1.90. The van der Waals surface area contributed by atoms with E-state index in [-0.39, 0.29) is 0 Å². The third-order valence-corrected chi connectivity index (χ3v) is 3.97. The Morgan fingerprint density at radius 1 is 1.29 bits per heavy atom. The normalized spacial score (nSPS) is 18.1. The van der Waals surface area contributed by atoms with Gasteiger partial charge in [0.25, 0.3) is 0 Å². The molecule has 0 spiro atoms. The van der Waals surface area contributed by atoms with Crippen molar-refractivity contribution in [3.63, 3.8) is 0 Å². The number of hydrogen-bond donors (Lipinski definition) is 0. The molecular formula is C11H21NOS. The Morgan fingerprint density at radius 2 is 1.86 bits per heavy atom. The van der Waals surface area contributed by atoms with Crippen molar-refractivity contribution >= 4 is 17.7 Å². The first-order valence-corrected chi connectivity index (χ1v) is 6.78. The molecule has 1 heterocycles. The highest BCUT2D eigenvalue weighted by Crippen LogP contribution is 2.25. The van der Waals surface area contributed by atoms with E-state index in [9.17, 15) is 4.79 Å². The van der Waals surface area contributed by atoms with E-state index in [1.165, 1.54) is 24.3 Å². The molecule has 3 heteroatoms. The van der Waals surface area contributed by atoms with Crippen LogP contribution in [-0.4, -0.2) is 35.4 Å². The Labute approximate surface area is 91.4 Å². The van der Waals surface area contributed by atoms with E-state index >= 15 is 0 Å². The smallest absolute Gasteiger partial charge is 0.222 e. The summed E-state index contributed by atoms with van der Waals surface area (Å²) in [7, 11) is 0. The lowest BCUT2D eigenvalue weighted by molar-refractivity contribution is -0.131. The van der Waals surface area contributed by atoms with Gasteiger partial charge >= 0.3 is 0 Å². The maximum atomic E-state index is 11.8. The Balaban J connectivity index is 2.30. The number of amides is 1. The molecule has 1 amide bonds. The summed E-state index contributed by atoms with van der Waals surface area (Å²) in [6.07, 6.45) is 3.25. The molecule has 0 bridgehead atoms. The van der Waals surface area contributed by atoms with Gasteiger partial charge in [-0.15, -0.1) is 0 Å². The summed E-state index contributed by atoms with van der Waals surface area (Å²) in [6, 6.07) is 0. The van der Waals surface area contributed by atoms with Crippen LogP contribution in [0.3, 0.4) is 0 Å². The highest BCUT2D eigenvalue weighted by atomic mass is 32.2. The lowest BCUT2D eigenvalue weighted by Crippen LogP contribution is -2.32. The van der Waals surface area contributed by atoms with E-state index < -0.39 is 0 Å². The van der Waals surface area contributed by atoms with Crippen LogP contribution in [0.1, 0.15) is 33.1 Å². The predicted molar refractivity (Wildman–Crippen MR) is 62.6 cm³/mol. The van der Waals surface area contributed by atoms with Crippen molar-refractivity contribution in [3.05, 3.63) is 0 Å². The second kappa shape index (κ2) is 6.33.